The van der Waals surface area contributed by atoms with Crippen molar-refractivity contribution in [2.45, 2.75) is 32.7 Å². The van der Waals surface area contributed by atoms with Crippen LogP contribution in [0.2, 0.25) is 5.02 Å². The molecule has 19 heavy (non-hydrogen) atoms. The van der Waals surface area contributed by atoms with Crippen molar-refractivity contribution in [3.05, 3.63) is 46.2 Å². The molecule has 0 fully saturated rings. The van der Waals surface area contributed by atoms with E-state index >= 15 is 0 Å². The molecule has 0 saturated heterocycles. The van der Waals surface area contributed by atoms with Gasteiger partial charge in [0.15, 0.2) is 5.69 Å². The molecule has 2 rings (SSSR count). The molecule has 1 heterocycles. The van der Waals surface area contributed by atoms with E-state index in [1.54, 1.807) is 0 Å². The minimum absolute atomic E-state index is 0.408. The largest absolute Gasteiger partial charge is 0.248 e. The molecule has 0 aliphatic heterocycles. The maximum atomic E-state index is 9.09. The molecule has 0 unspecified atom stereocenters. The number of nitriles is 1. The topological polar surface area (TPSA) is 54.5 Å². The third-order valence-corrected chi connectivity index (χ3v) is 3.20. The lowest BCUT2D eigenvalue weighted by Gasteiger charge is -2.06. The second-order valence-electron chi connectivity index (χ2n) is 4.38. The molecule has 0 spiro atoms. The van der Waals surface area contributed by atoms with Gasteiger partial charge in [-0.15, -0.1) is 5.10 Å². The first-order valence-electron chi connectivity index (χ1n) is 6.31. The molecular weight excluding hydrogens is 260 g/mol. The predicted octanol–water partition coefficient (Wildman–Crippen LogP) is 3.19. The van der Waals surface area contributed by atoms with Gasteiger partial charge in [0.05, 0.1) is 5.69 Å². The van der Waals surface area contributed by atoms with Crippen molar-refractivity contribution in [2.24, 2.45) is 0 Å². The normalized spacial score (nSPS) is 10.4. The molecule has 0 N–H and O–H groups in total. The highest BCUT2D eigenvalue weighted by molar-refractivity contribution is 6.30. The first kappa shape index (κ1) is 13.6. The number of nitrogens with zero attached hydrogens (tertiary/aromatic N) is 4. The van der Waals surface area contributed by atoms with E-state index in [0.29, 0.717) is 17.1 Å². The molecule has 0 aliphatic carbocycles. The van der Waals surface area contributed by atoms with Crippen molar-refractivity contribution in [1.29, 1.82) is 5.26 Å². The van der Waals surface area contributed by atoms with Crippen LogP contribution < -0.4 is 0 Å². The minimum atomic E-state index is 0.408. The van der Waals surface area contributed by atoms with Crippen LogP contribution in [0, 0.1) is 11.3 Å². The highest BCUT2D eigenvalue weighted by Crippen LogP contribution is 2.15. The first-order chi connectivity index (χ1) is 9.24. The molecule has 98 valence electrons. The number of rotatable bonds is 5. The zero-order valence-corrected chi connectivity index (χ0v) is 11.6. The van der Waals surface area contributed by atoms with Gasteiger partial charge in [-0.3, -0.25) is 0 Å². The molecule has 1 aromatic heterocycles. The zero-order chi connectivity index (χ0) is 13.7. The summed E-state index contributed by atoms with van der Waals surface area (Å²) in [4.78, 5) is 0. The summed E-state index contributed by atoms with van der Waals surface area (Å²) in [6, 6.07) is 9.72. The second kappa shape index (κ2) is 6.35. The van der Waals surface area contributed by atoms with Crippen LogP contribution in [0.3, 0.4) is 0 Å². The van der Waals surface area contributed by atoms with Crippen LogP contribution in [0.15, 0.2) is 24.3 Å². The molecule has 0 radical (unpaired) electrons. The fourth-order valence-corrected chi connectivity index (χ4v) is 2.00. The third-order valence-electron chi connectivity index (χ3n) is 2.95. The lowest BCUT2D eigenvalue weighted by molar-refractivity contribution is 0.537. The van der Waals surface area contributed by atoms with Crippen molar-refractivity contribution in [1.82, 2.24) is 15.0 Å². The third kappa shape index (κ3) is 3.33. The quantitative estimate of drug-likeness (QED) is 0.841. The Morgan fingerprint density at radius 1 is 1.32 bits per heavy atom. The number of hydrogen-bond donors (Lipinski definition) is 0. The molecule has 1 aromatic carbocycles. The van der Waals surface area contributed by atoms with E-state index < -0.39 is 0 Å². The maximum absolute atomic E-state index is 9.09. The Balaban J connectivity index is 2.24. The Hall–Kier alpha value is -1.86. The molecule has 5 heteroatoms. The van der Waals surface area contributed by atoms with Gasteiger partial charge in [0, 0.05) is 18.0 Å². The van der Waals surface area contributed by atoms with Crippen LogP contribution in [0.4, 0.5) is 0 Å². The van der Waals surface area contributed by atoms with Crippen LogP contribution in [-0.4, -0.2) is 15.0 Å². The summed E-state index contributed by atoms with van der Waals surface area (Å²) >= 11 is 5.87. The average Bonchev–Trinajstić information content (AvgIpc) is 2.81. The second-order valence-corrected chi connectivity index (χ2v) is 4.81. The molecule has 0 aliphatic rings. The van der Waals surface area contributed by atoms with Crippen molar-refractivity contribution < 1.29 is 0 Å². The smallest absolute Gasteiger partial charge is 0.186 e. The Bertz CT molecular complexity index is 580. The molecule has 0 saturated carbocycles. The van der Waals surface area contributed by atoms with Gasteiger partial charge < -0.3 is 0 Å². The van der Waals surface area contributed by atoms with Gasteiger partial charge in [-0.25, -0.2) is 4.68 Å². The average molecular weight is 275 g/mol. The van der Waals surface area contributed by atoms with E-state index in [9.17, 15) is 0 Å². The monoisotopic (exact) mass is 274 g/mol. The Morgan fingerprint density at radius 2 is 2.05 bits per heavy atom. The Labute approximate surface area is 117 Å². The van der Waals surface area contributed by atoms with Crippen LogP contribution in [0.5, 0.6) is 0 Å². The summed E-state index contributed by atoms with van der Waals surface area (Å²) in [6.07, 6.45) is 2.76. The standard InChI is InChI=1S/C14H15ClN4/c1-2-3-8-19-14(13(10-16)17-18-19)9-11-4-6-12(15)7-5-11/h4-7H,2-3,8-9H2,1H3. The molecular formula is C14H15ClN4. The summed E-state index contributed by atoms with van der Waals surface area (Å²) in [5.41, 5.74) is 2.38. The van der Waals surface area contributed by atoms with E-state index in [0.717, 1.165) is 30.6 Å². The maximum Gasteiger partial charge on any atom is 0.186 e. The minimum Gasteiger partial charge on any atom is -0.248 e. The fraction of sp³-hybridized carbons (Fsp3) is 0.357. The van der Waals surface area contributed by atoms with Crippen LogP contribution in [-0.2, 0) is 13.0 Å². The van der Waals surface area contributed by atoms with Gasteiger partial charge in [-0.05, 0) is 24.1 Å². The van der Waals surface area contributed by atoms with Gasteiger partial charge in [-0.1, -0.05) is 42.3 Å². The van der Waals surface area contributed by atoms with Crippen LogP contribution >= 0.6 is 11.6 Å². The van der Waals surface area contributed by atoms with Gasteiger partial charge in [0.25, 0.3) is 0 Å². The first-order valence-corrected chi connectivity index (χ1v) is 6.69. The molecule has 4 nitrogen and oxygen atoms in total. The number of benzene rings is 1. The molecule has 2 aromatic rings. The van der Waals surface area contributed by atoms with E-state index in [1.807, 2.05) is 28.9 Å². The van der Waals surface area contributed by atoms with Crippen molar-refractivity contribution in [2.75, 3.05) is 0 Å². The molecule has 0 amide bonds. The fourth-order valence-electron chi connectivity index (χ4n) is 1.88. The van der Waals surface area contributed by atoms with Gasteiger partial charge in [0.1, 0.15) is 6.07 Å². The zero-order valence-electron chi connectivity index (χ0n) is 10.8. The van der Waals surface area contributed by atoms with E-state index in [4.69, 9.17) is 16.9 Å². The number of aromatic nitrogens is 3. The Kier molecular flexibility index (Phi) is 4.53. The van der Waals surface area contributed by atoms with Crippen LogP contribution in [0.25, 0.3) is 0 Å². The van der Waals surface area contributed by atoms with Crippen LogP contribution in [0.1, 0.15) is 36.7 Å². The van der Waals surface area contributed by atoms with Crippen molar-refractivity contribution in [3.8, 4) is 6.07 Å². The number of aryl methyl sites for hydroxylation is 1. The number of halogens is 1. The summed E-state index contributed by atoms with van der Waals surface area (Å²) in [5, 5.41) is 17.8. The highest BCUT2D eigenvalue weighted by Gasteiger charge is 2.12. The number of unbranched alkanes of at least 4 members (excludes halogenated alkanes) is 1. The van der Waals surface area contributed by atoms with Crippen molar-refractivity contribution >= 4 is 11.6 Å². The van der Waals surface area contributed by atoms with E-state index in [2.05, 4.69) is 23.3 Å². The summed E-state index contributed by atoms with van der Waals surface area (Å²) in [5.74, 6) is 0. The molecule has 0 atom stereocenters. The SMILES string of the molecule is CCCCn1nnc(C#N)c1Cc1ccc(Cl)cc1. The summed E-state index contributed by atoms with van der Waals surface area (Å²) < 4.78 is 1.83. The highest BCUT2D eigenvalue weighted by atomic mass is 35.5. The lowest BCUT2D eigenvalue weighted by atomic mass is 10.1. The predicted molar refractivity (Wildman–Crippen MR) is 73.9 cm³/mol. The number of hydrogen-bond acceptors (Lipinski definition) is 3. The van der Waals surface area contributed by atoms with E-state index in [-0.39, 0.29) is 0 Å². The lowest BCUT2D eigenvalue weighted by Crippen LogP contribution is -2.06. The summed E-state index contributed by atoms with van der Waals surface area (Å²) in [6.45, 7) is 2.93. The summed E-state index contributed by atoms with van der Waals surface area (Å²) in [7, 11) is 0. The Morgan fingerprint density at radius 3 is 2.68 bits per heavy atom. The molecule has 0 bridgehead atoms. The van der Waals surface area contributed by atoms with Crippen molar-refractivity contribution in [3.63, 3.8) is 0 Å². The van der Waals surface area contributed by atoms with Gasteiger partial charge in [0.2, 0.25) is 0 Å². The van der Waals surface area contributed by atoms with Gasteiger partial charge in [-0.2, -0.15) is 5.26 Å². The van der Waals surface area contributed by atoms with E-state index in [1.165, 1.54) is 0 Å². The van der Waals surface area contributed by atoms with Gasteiger partial charge >= 0.3 is 0 Å².